The van der Waals surface area contributed by atoms with Gasteiger partial charge in [0.2, 0.25) is 0 Å². The minimum atomic E-state index is 0.962. The smallest absolute Gasteiger partial charge is 0.0927 e. The molecule has 2 aromatic carbocycles. The molecule has 18 heavy (non-hydrogen) atoms. The molecule has 2 heteroatoms. The second-order valence-corrected chi connectivity index (χ2v) is 4.23. The molecule has 2 nitrogen and oxygen atoms in total. The first-order chi connectivity index (χ1) is 8.83. The first-order valence-electron chi connectivity index (χ1n) is 5.86. The van der Waals surface area contributed by atoms with Crippen molar-refractivity contribution in [2.45, 2.75) is 0 Å². The number of fused-ring (bicyclic) bond motifs is 1. The van der Waals surface area contributed by atoms with E-state index in [0.717, 1.165) is 27.7 Å². The van der Waals surface area contributed by atoms with Gasteiger partial charge in [0.05, 0.1) is 11.2 Å². The van der Waals surface area contributed by atoms with Gasteiger partial charge in [0.15, 0.2) is 0 Å². The summed E-state index contributed by atoms with van der Waals surface area (Å²) in [6, 6.07) is 16.2. The topological polar surface area (TPSA) is 28.7 Å². The highest BCUT2D eigenvalue weighted by atomic mass is 15.1. The highest BCUT2D eigenvalue weighted by Gasteiger charge is 2.00. The van der Waals surface area contributed by atoms with Gasteiger partial charge in [-0.05, 0) is 30.2 Å². The fraction of sp³-hybridized carbons (Fsp3) is 0. The quantitative estimate of drug-likeness (QED) is 0.714. The number of hydrogen-bond acceptors (Lipinski definition) is 1. The Morgan fingerprint density at radius 1 is 0.944 bits per heavy atom. The van der Waals surface area contributed by atoms with Crippen LogP contribution < -0.4 is 0 Å². The molecule has 1 radical (unpaired) electrons. The maximum Gasteiger partial charge on any atom is 0.0927 e. The lowest BCUT2D eigenvalue weighted by molar-refractivity contribution is 1.11. The van der Waals surface area contributed by atoms with Crippen molar-refractivity contribution in [3.63, 3.8) is 0 Å². The number of nitrogens with zero attached hydrogens (tertiary/aromatic N) is 1. The maximum absolute atomic E-state index is 4.30. The number of benzene rings is 2. The Morgan fingerprint density at radius 2 is 1.72 bits per heavy atom. The standard InChI is InChI=1S/C16H13N2/c1-12-6-8-13(9-7-12)10-11-16-14-4-2-3-5-15(14)17-18-16/h2-11H,1H2,(H,17,18). The molecule has 1 heterocycles. The number of hydrogen-bond donors (Lipinski definition) is 1. The van der Waals surface area contributed by atoms with Crippen molar-refractivity contribution in [1.82, 2.24) is 10.2 Å². The van der Waals surface area contributed by atoms with Crippen molar-refractivity contribution in [1.29, 1.82) is 0 Å². The predicted molar refractivity (Wildman–Crippen MR) is 75.9 cm³/mol. The van der Waals surface area contributed by atoms with Crippen LogP contribution in [0, 0.1) is 6.92 Å². The molecule has 0 atom stereocenters. The monoisotopic (exact) mass is 233 g/mol. The number of rotatable bonds is 2. The molecule has 0 saturated carbocycles. The van der Waals surface area contributed by atoms with E-state index >= 15 is 0 Å². The minimum Gasteiger partial charge on any atom is -0.277 e. The summed E-state index contributed by atoms with van der Waals surface area (Å²) >= 11 is 0. The molecular weight excluding hydrogens is 220 g/mol. The Kier molecular flexibility index (Phi) is 2.69. The fourth-order valence-electron chi connectivity index (χ4n) is 1.92. The van der Waals surface area contributed by atoms with Gasteiger partial charge in [0, 0.05) is 5.39 Å². The molecule has 1 N–H and O–H groups in total. The molecule has 0 unspecified atom stereocenters. The minimum absolute atomic E-state index is 0.962. The Balaban J connectivity index is 1.94. The summed E-state index contributed by atoms with van der Waals surface area (Å²) in [5, 5.41) is 8.47. The zero-order valence-corrected chi connectivity index (χ0v) is 9.93. The first-order valence-corrected chi connectivity index (χ1v) is 5.86. The number of nitrogens with one attached hydrogen (secondary N) is 1. The van der Waals surface area contributed by atoms with Crippen LogP contribution in [-0.4, -0.2) is 10.2 Å². The van der Waals surface area contributed by atoms with E-state index in [1.165, 1.54) is 0 Å². The third-order valence-corrected chi connectivity index (χ3v) is 2.91. The lowest BCUT2D eigenvalue weighted by Gasteiger charge is -1.94. The average Bonchev–Trinajstić information content (AvgIpc) is 2.82. The Bertz CT molecular complexity index is 690. The largest absolute Gasteiger partial charge is 0.277 e. The molecule has 3 aromatic rings. The summed E-state index contributed by atoms with van der Waals surface area (Å²) in [5.41, 5.74) is 4.20. The van der Waals surface area contributed by atoms with E-state index in [9.17, 15) is 0 Å². The fourth-order valence-corrected chi connectivity index (χ4v) is 1.92. The third kappa shape index (κ3) is 2.05. The second kappa shape index (κ2) is 4.49. The molecular formula is C16H13N2. The second-order valence-electron chi connectivity index (χ2n) is 4.23. The van der Waals surface area contributed by atoms with Gasteiger partial charge in [0.1, 0.15) is 0 Å². The Morgan fingerprint density at radius 3 is 2.56 bits per heavy atom. The first kappa shape index (κ1) is 10.8. The van der Waals surface area contributed by atoms with Gasteiger partial charge in [-0.1, -0.05) is 48.5 Å². The highest BCUT2D eigenvalue weighted by Crippen LogP contribution is 2.17. The summed E-state index contributed by atoms with van der Waals surface area (Å²) in [5.74, 6) is 0. The Labute approximate surface area is 106 Å². The van der Waals surface area contributed by atoms with E-state index < -0.39 is 0 Å². The van der Waals surface area contributed by atoms with Gasteiger partial charge in [-0.25, -0.2) is 0 Å². The van der Waals surface area contributed by atoms with Crippen LogP contribution in [0.1, 0.15) is 16.8 Å². The number of H-pyrrole nitrogens is 1. The molecule has 0 aliphatic heterocycles. The summed E-state index contributed by atoms with van der Waals surface area (Å²) in [6.45, 7) is 3.87. The van der Waals surface area contributed by atoms with E-state index in [4.69, 9.17) is 0 Å². The lowest BCUT2D eigenvalue weighted by Crippen LogP contribution is -1.75. The van der Waals surface area contributed by atoms with Gasteiger partial charge in [0.25, 0.3) is 0 Å². The van der Waals surface area contributed by atoms with Crippen LogP contribution in [0.15, 0.2) is 48.5 Å². The van der Waals surface area contributed by atoms with Crippen LogP contribution in [-0.2, 0) is 0 Å². The van der Waals surface area contributed by atoms with Gasteiger partial charge in [-0.15, -0.1) is 0 Å². The zero-order valence-electron chi connectivity index (χ0n) is 9.93. The van der Waals surface area contributed by atoms with Crippen molar-refractivity contribution in [2.75, 3.05) is 0 Å². The van der Waals surface area contributed by atoms with Gasteiger partial charge >= 0.3 is 0 Å². The molecule has 0 aliphatic rings. The summed E-state index contributed by atoms with van der Waals surface area (Å²) in [7, 11) is 0. The van der Waals surface area contributed by atoms with E-state index in [1.54, 1.807) is 0 Å². The van der Waals surface area contributed by atoms with Crippen LogP contribution >= 0.6 is 0 Å². The summed E-state index contributed by atoms with van der Waals surface area (Å²) < 4.78 is 0. The normalized spacial score (nSPS) is 11.4. The predicted octanol–water partition coefficient (Wildman–Crippen LogP) is 3.92. The van der Waals surface area contributed by atoms with Crippen LogP contribution in [0.3, 0.4) is 0 Å². The van der Waals surface area contributed by atoms with Gasteiger partial charge in [-0.2, -0.15) is 5.10 Å². The maximum atomic E-state index is 4.30. The highest BCUT2D eigenvalue weighted by molar-refractivity contribution is 5.89. The number of para-hydroxylation sites is 1. The summed E-state index contributed by atoms with van der Waals surface area (Å²) in [4.78, 5) is 0. The summed E-state index contributed by atoms with van der Waals surface area (Å²) in [6.07, 6.45) is 4.08. The van der Waals surface area contributed by atoms with Gasteiger partial charge < -0.3 is 0 Å². The molecule has 0 saturated heterocycles. The molecule has 0 bridgehead atoms. The van der Waals surface area contributed by atoms with E-state index in [1.807, 2.05) is 48.5 Å². The van der Waals surface area contributed by atoms with Crippen molar-refractivity contribution < 1.29 is 0 Å². The van der Waals surface area contributed by atoms with Gasteiger partial charge in [-0.3, -0.25) is 5.10 Å². The van der Waals surface area contributed by atoms with Crippen molar-refractivity contribution in [2.24, 2.45) is 0 Å². The van der Waals surface area contributed by atoms with Crippen LogP contribution in [0.2, 0.25) is 0 Å². The van der Waals surface area contributed by atoms with E-state index in [0.29, 0.717) is 0 Å². The zero-order chi connectivity index (χ0) is 12.4. The van der Waals surface area contributed by atoms with Crippen LogP contribution in [0.25, 0.3) is 23.1 Å². The van der Waals surface area contributed by atoms with Crippen molar-refractivity contribution in [3.05, 3.63) is 72.3 Å². The average molecular weight is 233 g/mol. The molecule has 0 spiro atoms. The lowest BCUT2D eigenvalue weighted by atomic mass is 10.1. The van der Waals surface area contributed by atoms with Crippen LogP contribution in [0.4, 0.5) is 0 Å². The molecule has 0 fully saturated rings. The molecule has 1 aromatic heterocycles. The van der Waals surface area contributed by atoms with E-state index in [2.05, 4.69) is 29.3 Å². The molecule has 0 aliphatic carbocycles. The SMILES string of the molecule is [CH2]c1ccc(C=Cc2n[nH]c3ccccc23)cc1. The molecule has 87 valence electrons. The third-order valence-electron chi connectivity index (χ3n) is 2.91. The number of aromatic amines is 1. The Hall–Kier alpha value is -2.35. The van der Waals surface area contributed by atoms with Crippen molar-refractivity contribution in [3.8, 4) is 0 Å². The molecule has 0 amide bonds. The van der Waals surface area contributed by atoms with Crippen LogP contribution in [0.5, 0.6) is 0 Å². The van der Waals surface area contributed by atoms with Crippen molar-refractivity contribution >= 4 is 23.1 Å². The molecule has 3 rings (SSSR count). The van der Waals surface area contributed by atoms with E-state index in [-0.39, 0.29) is 0 Å². The number of aromatic nitrogens is 2.